The fourth-order valence-electron chi connectivity index (χ4n) is 6.91. The third-order valence-corrected chi connectivity index (χ3v) is 8.18. The van der Waals surface area contributed by atoms with E-state index in [2.05, 4.69) is 23.1 Å². The van der Waals surface area contributed by atoms with Crippen molar-refractivity contribution in [3.63, 3.8) is 0 Å². The Bertz CT molecular complexity index is 1040. The number of carbonyl (C=O) groups excluding carboxylic acids is 2. The summed E-state index contributed by atoms with van der Waals surface area (Å²) in [6.07, 6.45) is 5.52. The third-order valence-electron chi connectivity index (χ3n) is 8.18. The van der Waals surface area contributed by atoms with Crippen molar-refractivity contribution in [3.8, 4) is 5.75 Å². The van der Waals surface area contributed by atoms with Crippen LogP contribution in [0, 0.1) is 5.41 Å². The van der Waals surface area contributed by atoms with Crippen molar-refractivity contribution in [2.75, 3.05) is 26.2 Å². The molecule has 0 radical (unpaired) electrons. The van der Waals surface area contributed by atoms with Crippen molar-refractivity contribution >= 4 is 17.6 Å². The summed E-state index contributed by atoms with van der Waals surface area (Å²) < 4.78 is 16.0. The molecular weight excluding hydrogens is 418 g/mol. The summed E-state index contributed by atoms with van der Waals surface area (Å²) in [6.45, 7) is 0. The predicted octanol–water partition coefficient (Wildman–Crippen LogP) is 4.56. The van der Waals surface area contributed by atoms with Crippen molar-refractivity contribution < 1.29 is 23.8 Å². The number of benzene rings is 2. The van der Waals surface area contributed by atoms with Crippen LogP contribution in [0.5, 0.6) is 5.75 Å². The Morgan fingerprint density at radius 1 is 0.879 bits per heavy atom. The van der Waals surface area contributed by atoms with Crippen LogP contribution in [0.15, 0.2) is 48.5 Å². The van der Waals surface area contributed by atoms with E-state index in [4.69, 9.17) is 14.2 Å². The largest absolute Gasteiger partial charge is 0.497 e. The van der Waals surface area contributed by atoms with Gasteiger partial charge in [-0.1, -0.05) is 49.6 Å². The van der Waals surface area contributed by atoms with Crippen LogP contribution >= 0.6 is 0 Å². The summed E-state index contributed by atoms with van der Waals surface area (Å²) in [7, 11) is 4.38. The third kappa shape index (κ3) is 2.92. The monoisotopic (exact) mass is 449 g/mol. The first kappa shape index (κ1) is 21.8. The van der Waals surface area contributed by atoms with Crippen molar-refractivity contribution in [2.45, 2.75) is 56.0 Å². The topological polar surface area (TPSA) is 65.1 Å². The number of esters is 2. The molecule has 2 atom stereocenters. The Morgan fingerprint density at radius 3 is 2.12 bits per heavy atom. The number of methoxy groups -OCH3 is 3. The van der Waals surface area contributed by atoms with Gasteiger partial charge < -0.3 is 19.1 Å². The lowest BCUT2D eigenvalue weighted by atomic mass is 9.59. The summed E-state index contributed by atoms with van der Waals surface area (Å²) in [5, 5.41) is 0. The molecule has 0 amide bonds. The van der Waals surface area contributed by atoms with Gasteiger partial charge in [-0.05, 0) is 42.2 Å². The summed E-state index contributed by atoms with van der Waals surface area (Å²) >= 11 is 0. The number of nitrogens with zero attached hydrogens (tertiary/aromatic N) is 1. The summed E-state index contributed by atoms with van der Waals surface area (Å²) in [5.74, 6) is -0.234. The Morgan fingerprint density at radius 2 is 1.52 bits per heavy atom. The van der Waals surface area contributed by atoms with Crippen molar-refractivity contribution in [1.82, 2.24) is 0 Å². The number of hydrogen-bond acceptors (Lipinski definition) is 6. The molecule has 1 saturated carbocycles. The van der Waals surface area contributed by atoms with Gasteiger partial charge in [-0.2, -0.15) is 0 Å². The minimum atomic E-state index is -1.40. The van der Waals surface area contributed by atoms with Crippen LogP contribution in [0.3, 0.4) is 0 Å². The standard InChI is InChI=1S/C27H31NO5/c1-31-19-13-11-18(12-14-19)22-17-27(24(29)32-2,25(30)33-3)23-26(15-7-4-8-16-26)20-9-5-6-10-21(20)28(22)23/h5-6,9-14,22-23H,4,7-8,15-17H2,1-3H3/t22-,23+/m0/s1. The molecule has 3 aliphatic rings. The zero-order valence-corrected chi connectivity index (χ0v) is 19.5. The summed E-state index contributed by atoms with van der Waals surface area (Å²) in [4.78, 5) is 29.5. The van der Waals surface area contributed by atoms with Gasteiger partial charge in [0.05, 0.1) is 33.4 Å². The number of hydrogen-bond donors (Lipinski definition) is 0. The maximum absolute atomic E-state index is 13.6. The van der Waals surface area contributed by atoms with Crippen LogP contribution in [-0.4, -0.2) is 39.3 Å². The van der Waals surface area contributed by atoms with Gasteiger partial charge in [0.2, 0.25) is 0 Å². The first-order valence-electron chi connectivity index (χ1n) is 11.7. The average molecular weight is 450 g/mol. The zero-order valence-electron chi connectivity index (χ0n) is 19.5. The molecule has 2 aromatic carbocycles. The molecule has 2 aromatic rings. The van der Waals surface area contributed by atoms with Gasteiger partial charge in [-0.3, -0.25) is 9.59 Å². The number of para-hydroxylation sites is 1. The van der Waals surface area contributed by atoms with Gasteiger partial charge in [0.15, 0.2) is 5.41 Å². The van der Waals surface area contributed by atoms with E-state index in [1.165, 1.54) is 26.2 Å². The Balaban J connectivity index is 1.76. The first-order valence-corrected chi connectivity index (χ1v) is 11.7. The van der Waals surface area contributed by atoms with E-state index >= 15 is 0 Å². The molecule has 0 unspecified atom stereocenters. The number of anilines is 1. The quantitative estimate of drug-likeness (QED) is 0.504. The van der Waals surface area contributed by atoms with Gasteiger partial charge in [0.25, 0.3) is 0 Å². The van der Waals surface area contributed by atoms with Crippen molar-refractivity contribution in [2.24, 2.45) is 5.41 Å². The Labute approximate surface area is 194 Å². The molecule has 2 fully saturated rings. The van der Waals surface area contributed by atoms with E-state index in [0.29, 0.717) is 6.42 Å². The maximum Gasteiger partial charge on any atom is 0.325 e. The molecule has 2 aliphatic heterocycles. The molecule has 174 valence electrons. The Hall–Kier alpha value is -3.02. The predicted molar refractivity (Wildman–Crippen MR) is 124 cm³/mol. The molecule has 0 aromatic heterocycles. The van der Waals surface area contributed by atoms with Gasteiger partial charge in [-0.15, -0.1) is 0 Å². The maximum atomic E-state index is 13.6. The molecule has 0 N–H and O–H groups in total. The van der Waals surface area contributed by atoms with Gasteiger partial charge in [0.1, 0.15) is 5.75 Å². The van der Waals surface area contributed by atoms with E-state index < -0.39 is 17.4 Å². The average Bonchev–Trinajstić information content (AvgIpc) is 3.38. The fourth-order valence-corrected chi connectivity index (χ4v) is 6.91. The molecule has 1 saturated heterocycles. The van der Waals surface area contributed by atoms with E-state index in [1.54, 1.807) is 7.11 Å². The second-order valence-corrected chi connectivity index (χ2v) is 9.49. The smallest absolute Gasteiger partial charge is 0.325 e. The molecule has 2 heterocycles. The zero-order chi connectivity index (χ0) is 23.2. The van der Waals surface area contributed by atoms with Crippen LogP contribution < -0.4 is 9.64 Å². The molecule has 1 spiro atoms. The van der Waals surface area contributed by atoms with Gasteiger partial charge >= 0.3 is 11.9 Å². The Kier molecular flexibility index (Phi) is 5.34. The van der Waals surface area contributed by atoms with E-state index in [9.17, 15) is 9.59 Å². The minimum absolute atomic E-state index is 0.165. The molecule has 6 nitrogen and oxygen atoms in total. The normalized spacial score (nSPS) is 24.2. The molecule has 5 rings (SSSR count). The van der Waals surface area contributed by atoms with Crippen LogP contribution in [0.25, 0.3) is 0 Å². The fraction of sp³-hybridized carbons (Fsp3) is 0.481. The molecule has 0 bridgehead atoms. The second-order valence-electron chi connectivity index (χ2n) is 9.49. The highest BCUT2D eigenvalue weighted by Crippen LogP contribution is 2.65. The summed E-state index contributed by atoms with van der Waals surface area (Å²) in [6, 6.07) is 15.8. The SMILES string of the molecule is COC(=O)C1(C(=O)OC)C[C@@H](c2ccc(OC)cc2)N2c3ccccc3C3(CCCCC3)[C@@H]21. The van der Waals surface area contributed by atoms with Gasteiger partial charge in [0, 0.05) is 17.5 Å². The molecule has 33 heavy (non-hydrogen) atoms. The highest BCUT2D eigenvalue weighted by atomic mass is 16.5. The minimum Gasteiger partial charge on any atom is -0.497 e. The lowest BCUT2D eigenvalue weighted by molar-refractivity contribution is -0.171. The lowest BCUT2D eigenvalue weighted by Crippen LogP contribution is -2.58. The van der Waals surface area contributed by atoms with Crippen LogP contribution in [-0.2, 0) is 24.5 Å². The molecule has 1 aliphatic carbocycles. The number of carbonyl (C=O) groups is 2. The number of fused-ring (bicyclic) bond motifs is 5. The lowest BCUT2D eigenvalue weighted by Gasteiger charge is -2.45. The highest BCUT2D eigenvalue weighted by molar-refractivity contribution is 6.03. The van der Waals surface area contributed by atoms with E-state index in [-0.39, 0.29) is 17.5 Å². The van der Waals surface area contributed by atoms with Crippen molar-refractivity contribution in [1.29, 1.82) is 0 Å². The first-order chi connectivity index (χ1) is 16.0. The van der Waals surface area contributed by atoms with Crippen LogP contribution in [0.2, 0.25) is 0 Å². The van der Waals surface area contributed by atoms with Crippen LogP contribution in [0.1, 0.15) is 55.7 Å². The van der Waals surface area contributed by atoms with E-state index in [0.717, 1.165) is 42.7 Å². The number of rotatable bonds is 4. The molecule has 6 heteroatoms. The van der Waals surface area contributed by atoms with Crippen LogP contribution in [0.4, 0.5) is 5.69 Å². The summed E-state index contributed by atoms with van der Waals surface area (Å²) in [5.41, 5.74) is 1.70. The number of ether oxygens (including phenoxy) is 3. The van der Waals surface area contributed by atoms with Gasteiger partial charge in [-0.25, -0.2) is 0 Å². The van der Waals surface area contributed by atoms with Crippen molar-refractivity contribution in [3.05, 3.63) is 59.7 Å². The second kappa shape index (κ2) is 8.08. The van der Waals surface area contributed by atoms with E-state index in [1.807, 2.05) is 30.3 Å². The highest BCUT2D eigenvalue weighted by Gasteiger charge is 2.72. The molecular formula is C27H31NO5.